The van der Waals surface area contributed by atoms with Crippen molar-refractivity contribution in [2.24, 2.45) is 0 Å². The maximum Gasteiger partial charge on any atom is 0.307 e. The molecule has 106 valence electrons. The van der Waals surface area contributed by atoms with E-state index in [9.17, 15) is 9.59 Å². The van der Waals surface area contributed by atoms with Gasteiger partial charge in [-0.15, -0.1) is 0 Å². The van der Waals surface area contributed by atoms with Gasteiger partial charge in [0.25, 0.3) is 5.91 Å². The predicted octanol–water partition coefficient (Wildman–Crippen LogP) is 1.59. The van der Waals surface area contributed by atoms with Crippen molar-refractivity contribution < 1.29 is 14.3 Å². The van der Waals surface area contributed by atoms with E-state index in [1.54, 1.807) is 32.3 Å². The molecule has 6 heteroatoms. The first-order valence-corrected chi connectivity index (χ1v) is 6.46. The molecule has 0 saturated heterocycles. The van der Waals surface area contributed by atoms with Crippen molar-refractivity contribution >= 4 is 22.8 Å². The number of esters is 1. The Balaban J connectivity index is 2.00. The Hall–Kier alpha value is -2.37. The van der Waals surface area contributed by atoms with E-state index in [2.05, 4.69) is 10.2 Å². The summed E-state index contributed by atoms with van der Waals surface area (Å²) in [4.78, 5) is 25.0. The van der Waals surface area contributed by atoms with E-state index in [-0.39, 0.29) is 18.3 Å². The fraction of sp³-hybridized carbons (Fsp3) is 0.357. The van der Waals surface area contributed by atoms with Gasteiger partial charge in [-0.2, -0.15) is 5.10 Å². The summed E-state index contributed by atoms with van der Waals surface area (Å²) in [5.74, 6) is -0.429. The number of amides is 1. The third-order valence-electron chi connectivity index (χ3n) is 2.99. The fourth-order valence-corrected chi connectivity index (χ4v) is 1.88. The number of carbonyl (C=O) groups is 2. The Kier molecular flexibility index (Phi) is 4.34. The number of aromatic nitrogens is 2. The van der Waals surface area contributed by atoms with Gasteiger partial charge < -0.3 is 9.64 Å². The molecule has 0 unspecified atom stereocenters. The van der Waals surface area contributed by atoms with Gasteiger partial charge in [0.1, 0.15) is 0 Å². The van der Waals surface area contributed by atoms with Gasteiger partial charge >= 0.3 is 5.97 Å². The highest BCUT2D eigenvalue weighted by atomic mass is 16.5. The topological polar surface area (TPSA) is 75.3 Å². The standard InChI is InChI=1S/C14H17N3O3/c1-3-20-13(18)6-7-17(2)14(19)10-4-5-11-9-15-16-12(11)8-10/h4-5,8-9H,3,6-7H2,1-2H3,(H,15,16). The number of rotatable bonds is 5. The van der Waals surface area contributed by atoms with Crippen LogP contribution in [0.15, 0.2) is 24.4 Å². The summed E-state index contributed by atoms with van der Waals surface area (Å²) < 4.78 is 4.83. The van der Waals surface area contributed by atoms with Gasteiger partial charge in [0.15, 0.2) is 0 Å². The second-order valence-corrected chi connectivity index (χ2v) is 4.45. The molecule has 6 nitrogen and oxygen atoms in total. The molecule has 0 aliphatic heterocycles. The van der Waals surface area contributed by atoms with Crippen LogP contribution in [0.3, 0.4) is 0 Å². The Morgan fingerprint density at radius 2 is 2.20 bits per heavy atom. The van der Waals surface area contributed by atoms with E-state index in [0.717, 1.165) is 10.9 Å². The number of carbonyl (C=O) groups excluding carboxylic acids is 2. The van der Waals surface area contributed by atoms with Gasteiger partial charge in [-0.25, -0.2) is 0 Å². The molecular weight excluding hydrogens is 258 g/mol. The molecule has 1 heterocycles. The zero-order chi connectivity index (χ0) is 14.5. The summed E-state index contributed by atoms with van der Waals surface area (Å²) in [6.45, 7) is 2.44. The Morgan fingerprint density at radius 3 is 2.95 bits per heavy atom. The lowest BCUT2D eigenvalue weighted by atomic mass is 10.1. The zero-order valence-electron chi connectivity index (χ0n) is 11.5. The van der Waals surface area contributed by atoms with Crippen molar-refractivity contribution in [1.82, 2.24) is 15.1 Å². The normalized spacial score (nSPS) is 10.5. The molecule has 0 atom stereocenters. The van der Waals surface area contributed by atoms with E-state index in [4.69, 9.17) is 4.74 Å². The molecule has 2 aromatic rings. The quantitative estimate of drug-likeness (QED) is 0.841. The van der Waals surface area contributed by atoms with Gasteiger partial charge in [0.2, 0.25) is 0 Å². The molecule has 20 heavy (non-hydrogen) atoms. The maximum atomic E-state index is 12.2. The third kappa shape index (κ3) is 3.14. The van der Waals surface area contributed by atoms with E-state index in [1.807, 2.05) is 6.07 Å². The van der Waals surface area contributed by atoms with Gasteiger partial charge in [0, 0.05) is 24.5 Å². The molecule has 0 aliphatic rings. The van der Waals surface area contributed by atoms with Crippen molar-refractivity contribution in [2.75, 3.05) is 20.2 Å². The van der Waals surface area contributed by atoms with Crippen molar-refractivity contribution in [3.05, 3.63) is 30.0 Å². The van der Waals surface area contributed by atoms with Crippen LogP contribution in [0.2, 0.25) is 0 Å². The minimum absolute atomic E-state index is 0.134. The van der Waals surface area contributed by atoms with Crippen molar-refractivity contribution in [3.63, 3.8) is 0 Å². The van der Waals surface area contributed by atoms with Crippen LogP contribution >= 0.6 is 0 Å². The predicted molar refractivity (Wildman–Crippen MR) is 74.3 cm³/mol. The highest BCUT2D eigenvalue weighted by Gasteiger charge is 2.14. The van der Waals surface area contributed by atoms with Crippen LogP contribution in [0.4, 0.5) is 0 Å². The second-order valence-electron chi connectivity index (χ2n) is 4.45. The minimum Gasteiger partial charge on any atom is -0.466 e. The van der Waals surface area contributed by atoms with Crippen molar-refractivity contribution in [2.45, 2.75) is 13.3 Å². The van der Waals surface area contributed by atoms with Crippen LogP contribution in [0.1, 0.15) is 23.7 Å². The van der Waals surface area contributed by atoms with E-state index < -0.39 is 0 Å². The Bertz CT molecular complexity index is 621. The number of hydrogen-bond acceptors (Lipinski definition) is 4. The Labute approximate surface area is 116 Å². The van der Waals surface area contributed by atoms with Crippen LogP contribution in [-0.4, -0.2) is 47.2 Å². The van der Waals surface area contributed by atoms with Gasteiger partial charge in [-0.05, 0) is 19.1 Å². The molecule has 1 aromatic heterocycles. The van der Waals surface area contributed by atoms with E-state index in [0.29, 0.717) is 18.7 Å². The smallest absolute Gasteiger partial charge is 0.307 e. The molecule has 1 N–H and O–H groups in total. The summed E-state index contributed by atoms with van der Waals surface area (Å²) in [6, 6.07) is 5.35. The first-order chi connectivity index (χ1) is 9.61. The average molecular weight is 275 g/mol. The lowest BCUT2D eigenvalue weighted by Gasteiger charge is -2.16. The number of nitrogens with zero attached hydrogens (tertiary/aromatic N) is 2. The van der Waals surface area contributed by atoms with E-state index in [1.165, 1.54) is 4.90 Å². The lowest BCUT2D eigenvalue weighted by Crippen LogP contribution is -2.29. The zero-order valence-corrected chi connectivity index (χ0v) is 11.5. The summed E-state index contributed by atoms with van der Waals surface area (Å²) in [5, 5.41) is 7.70. The molecule has 1 amide bonds. The minimum atomic E-state index is -0.295. The highest BCUT2D eigenvalue weighted by Crippen LogP contribution is 2.14. The molecule has 2 rings (SSSR count). The summed E-state index contributed by atoms with van der Waals surface area (Å²) in [7, 11) is 1.67. The maximum absolute atomic E-state index is 12.2. The van der Waals surface area contributed by atoms with Crippen LogP contribution in [0.5, 0.6) is 0 Å². The molecular formula is C14H17N3O3. The average Bonchev–Trinajstić information content (AvgIpc) is 2.91. The van der Waals surface area contributed by atoms with Crippen LogP contribution < -0.4 is 0 Å². The van der Waals surface area contributed by atoms with Gasteiger partial charge in [-0.1, -0.05) is 6.07 Å². The summed E-state index contributed by atoms with van der Waals surface area (Å²) in [5.41, 5.74) is 1.38. The van der Waals surface area contributed by atoms with Crippen LogP contribution in [-0.2, 0) is 9.53 Å². The monoisotopic (exact) mass is 275 g/mol. The lowest BCUT2D eigenvalue weighted by molar-refractivity contribution is -0.143. The fourth-order valence-electron chi connectivity index (χ4n) is 1.88. The van der Waals surface area contributed by atoms with Crippen molar-refractivity contribution in [3.8, 4) is 0 Å². The number of nitrogens with one attached hydrogen (secondary N) is 1. The second kappa shape index (κ2) is 6.18. The number of hydrogen-bond donors (Lipinski definition) is 1. The molecule has 0 bridgehead atoms. The third-order valence-corrected chi connectivity index (χ3v) is 2.99. The number of ether oxygens (including phenoxy) is 1. The number of aromatic amines is 1. The molecule has 1 aromatic carbocycles. The largest absolute Gasteiger partial charge is 0.466 e. The summed E-state index contributed by atoms with van der Waals surface area (Å²) >= 11 is 0. The number of H-pyrrole nitrogens is 1. The summed E-state index contributed by atoms with van der Waals surface area (Å²) in [6.07, 6.45) is 1.90. The first-order valence-electron chi connectivity index (χ1n) is 6.46. The molecule has 0 saturated carbocycles. The highest BCUT2D eigenvalue weighted by molar-refractivity contribution is 5.97. The van der Waals surface area contributed by atoms with Crippen LogP contribution in [0, 0.1) is 0 Å². The van der Waals surface area contributed by atoms with E-state index >= 15 is 0 Å². The van der Waals surface area contributed by atoms with Gasteiger partial charge in [-0.3, -0.25) is 14.7 Å². The number of benzene rings is 1. The molecule has 0 aliphatic carbocycles. The number of fused-ring (bicyclic) bond motifs is 1. The Morgan fingerprint density at radius 1 is 1.40 bits per heavy atom. The van der Waals surface area contributed by atoms with Gasteiger partial charge in [0.05, 0.1) is 24.7 Å². The van der Waals surface area contributed by atoms with Crippen molar-refractivity contribution in [1.29, 1.82) is 0 Å². The molecule has 0 fully saturated rings. The first kappa shape index (κ1) is 14.0. The SMILES string of the molecule is CCOC(=O)CCN(C)C(=O)c1ccc2cn[nH]c2c1. The molecule has 0 radical (unpaired) electrons. The van der Waals surface area contributed by atoms with Crippen LogP contribution in [0.25, 0.3) is 10.9 Å². The molecule has 0 spiro atoms.